The zero-order chi connectivity index (χ0) is 13.1. The Morgan fingerprint density at radius 3 is 2.67 bits per heavy atom. The van der Waals surface area contributed by atoms with Crippen LogP contribution < -0.4 is 5.32 Å². The van der Waals surface area contributed by atoms with E-state index in [2.05, 4.69) is 49.3 Å². The summed E-state index contributed by atoms with van der Waals surface area (Å²) in [7, 11) is 0. The molecule has 1 aromatic heterocycles. The molecule has 18 heavy (non-hydrogen) atoms. The average molecular weight is 261 g/mol. The lowest BCUT2D eigenvalue weighted by atomic mass is 10.00. The number of hydrogen-bond donors (Lipinski definition) is 1. The normalized spacial score (nSPS) is 12.2. The fraction of sp³-hybridized carbons (Fsp3) is 0.267. The Balaban J connectivity index is 2.21. The van der Waals surface area contributed by atoms with Gasteiger partial charge in [0.05, 0.1) is 6.04 Å². The van der Waals surface area contributed by atoms with E-state index in [0.717, 1.165) is 5.82 Å². The molecule has 1 atom stereocenters. The Labute approximate surface area is 113 Å². The van der Waals surface area contributed by atoms with Crippen LogP contribution in [0.4, 0.5) is 5.82 Å². The van der Waals surface area contributed by atoms with E-state index in [1.807, 2.05) is 12.1 Å². The van der Waals surface area contributed by atoms with Gasteiger partial charge in [-0.3, -0.25) is 0 Å². The quantitative estimate of drug-likeness (QED) is 0.821. The van der Waals surface area contributed by atoms with Crippen LogP contribution in [0.3, 0.4) is 0 Å². The highest BCUT2D eigenvalue weighted by molar-refractivity contribution is 6.29. The molecule has 0 fully saturated rings. The van der Waals surface area contributed by atoms with Crippen molar-refractivity contribution in [3.05, 3.63) is 58.2 Å². The molecule has 3 heteroatoms. The first kappa shape index (κ1) is 12.9. The second-order valence-corrected chi connectivity index (χ2v) is 4.96. The molecule has 0 aliphatic carbocycles. The number of rotatable bonds is 3. The summed E-state index contributed by atoms with van der Waals surface area (Å²) >= 11 is 5.88. The molecule has 1 N–H and O–H groups in total. The minimum Gasteiger partial charge on any atom is -0.363 e. The predicted molar refractivity (Wildman–Crippen MR) is 77.2 cm³/mol. The Kier molecular flexibility index (Phi) is 3.87. The van der Waals surface area contributed by atoms with Crippen LogP contribution in [0.5, 0.6) is 0 Å². The third-order valence-electron chi connectivity index (χ3n) is 2.98. The van der Waals surface area contributed by atoms with Crippen molar-refractivity contribution in [2.45, 2.75) is 26.8 Å². The zero-order valence-electron chi connectivity index (χ0n) is 10.9. The first-order valence-corrected chi connectivity index (χ1v) is 6.40. The molecule has 0 aliphatic heterocycles. The van der Waals surface area contributed by atoms with Crippen molar-refractivity contribution in [3.8, 4) is 0 Å². The summed E-state index contributed by atoms with van der Waals surface area (Å²) in [5, 5.41) is 3.88. The van der Waals surface area contributed by atoms with Crippen molar-refractivity contribution in [3.63, 3.8) is 0 Å². The van der Waals surface area contributed by atoms with Crippen molar-refractivity contribution in [2.75, 3.05) is 5.32 Å². The maximum atomic E-state index is 5.88. The van der Waals surface area contributed by atoms with Crippen LogP contribution in [0.25, 0.3) is 0 Å². The van der Waals surface area contributed by atoms with E-state index in [0.29, 0.717) is 5.15 Å². The molecule has 0 aliphatic rings. The van der Waals surface area contributed by atoms with E-state index in [1.165, 1.54) is 16.7 Å². The van der Waals surface area contributed by atoms with Crippen molar-refractivity contribution >= 4 is 17.4 Å². The van der Waals surface area contributed by atoms with Gasteiger partial charge >= 0.3 is 0 Å². The van der Waals surface area contributed by atoms with Crippen LogP contribution in [-0.4, -0.2) is 4.98 Å². The van der Waals surface area contributed by atoms with Gasteiger partial charge < -0.3 is 5.32 Å². The van der Waals surface area contributed by atoms with Gasteiger partial charge in [-0.05, 0) is 44.0 Å². The molecule has 2 aromatic rings. The lowest BCUT2D eigenvalue weighted by molar-refractivity contribution is 0.863. The highest BCUT2D eigenvalue weighted by Crippen LogP contribution is 2.22. The van der Waals surface area contributed by atoms with Crippen LogP contribution >= 0.6 is 11.6 Å². The van der Waals surface area contributed by atoms with E-state index >= 15 is 0 Å². The molecule has 1 aromatic carbocycles. The maximum absolute atomic E-state index is 5.88. The number of aromatic nitrogens is 1. The topological polar surface area (TPSA) is 24.9 Å². The molecule has 0 saturated carbocycles. The fourth-order valence-corrected chi connectivity index (χ4v) is 2.18. The van der Waals surface area contributed by atoms with Gasteiger partial charge in [0.15, 0.2) is 0 Å². The zero-order valence-corrected chi connectivity index (χ0v) is 11.6. The first-order valence-electron chi connectivity index (χ1n) is 6.02. The molecule has 1 unspecified atom stereocenters. The monoisotopic (exact) mass is 260 g/mol. The van der Waals surface area contributed by atoms with Crippen molar-refractivity contribution in [2.24, 2.45) is 0 Å². The van der Waals surface area contributed by atoms with E-state index in [-0.39, 0.29) is 6.04 Å². The fourth-order valence-electron chi connectivity index (χ4n) is 2.01. The Bertz CT molecular complexity index is 552. The van der Waals surface area contributed by atoms with E-state index in [1.54, 1.807) is 6.07 Å². The predicted octanol–water partition coefficient (Wildman–Crippen LogP) is 4.52. The van der Waals surface area contributed by atoms with Crippen molar-refractivity contribution in [1.29, 1.82) is 0 Å². The average Bonchev–Trinajstić information content (AvgIpc) is 2.32. The molecular weight excluding hydrogens is 244 g/mol. The number of anilines is 1. The van der Waals surface area contributed by atoms with Gasteiger partial charge in [-0.25, -0.2) is 4.98 Å². The van der Waals surface area contributed by atoms with E-state index in [4.69, 9.17) is 11.6 Å². The minimum atomic E-state index is 0.205. The molecule has 0 amide bonds. The number of aryl methyl sites for hydroxylation is 2. The molecule has 2 rings (SSSR count). The van der Waals surface area contributed by atoms with Crippen LogP contribution in [0.2, 0.25) is 5.15 Å². The number of hydrogen-bond acceptors (Lipinski definition) is 2. The van der Waals surface area contributed by atoms with Gasteiger partial charge in [0, 0.05) is 0 Å². The van der Waals surface area contributed by atoms with Crippen LogP contribution in [-0.2, 0) is 0 Å². The van der Waals surface area contributed by atoms with Gasteiger partial charge in [-0.2, -0.15) is 0 Å². The minimum absolute atomic E-state index is 0.205. The van der Waals surface area contributed by atoms with Crippen molar-refractivity contribution in [1.82, 2.24) is 4.98 Å². The second-order valence-electron chi connectivity index (χ2n) is 4.57. The van der Waals surface area contributed by atoms with Crippen LogP contribution in [0.1, 0.15) is 29.7 Å². The van der Waals surface area contributed by atoms with Crippen LogP contribution in [0, 0.1) is 13.8 Å². The number of benzene rings is 1. The molecule has 94 valence electrons. The highest BCUT2D eigenvalue weighted by Gasteiger charge is 2.09. The Hall–Kier alpha value is -1.54. The number of nitrogens with one attached hydrogen (secondary N) is 1. The number of halogens is 1. The second kappa shape index (κ2) is 5.40. The third kappa shape index (κ3) is 3.02. The van der Waals surface area contributed by atoms with Gasteiger partial charge in [0.1, 0.15) is 11.0 Å². The molecule has 0 saturated heterocycles. The smallest absolute Gasteiger partial charge is 0.131 e. The van der Waals surface area contributed by atoms with Crippen molar-refractivity contribution < 1.29 is 0 Å². The molecule has 0 bridgehead atoms. The van der Waals surface area contributed by atoms with E-state index < -0.39 is 0 Å². The summed E-state index contributed by atoms with van der Waals surface area (Å²) < 4.78 is 0. The van der Waals surface area contributed by atoms with Gasteiger partial charge in [0.25, 0.3) is 0 Å². The summed E-state index contributed by atoms with van der Waals surface area (Å²) in [6, 6.07) is 12.3. The molecule has 2 nitrogen and oxygen atoms in total. The summed E-state index contributed by atoms with van der Waals surface area (Å²) in [4.78, 5) is 4.25. The van der Waals surface area contributed by atoms with Gasteiger partial charge in [-0.1, -0.05) is 41.4 Å². The number of nitrogens with zero attached hydrogens (tertiary/aromatic N) is 1. The molecular formula is C15H17ClN2. The third-order valence-corrected chi connectivity index (χ3v) is 3.19. The van der Waals surface area contributed by atoms with Gasteiger partial charge in [-0.15, -0.1) is 0 Å². The molecule has 0 spiro atoms. The first-order chi connectivity index (χ1) is 8.56. The SMILES string of the molecule is Cc1ccc(C)c(C(C)Nc2cccc(Cl)n2)c1. The Morgan fingerprint density at radius 2 is 1.94 bits per heavy atom. The summed E-state index contributed by atoms with van der Waals surface area (Å²) in [6.45, 7) is 6.36. The van der Waals surface area contributed by atoms with Crippen LogP contribution in [0.15, 0.2) is 36.4 Å². The Morgan fingerprint density at radius 1 is 1.17 bits per heavy atom. The molecule has 1 heterocycles. The standard InChI is InChI=1S/C15H17ClN2/c1-10-7-8-11(2)13(9-10)12(3)17-15-6-4-5-14(16)18-15/h4-9,12H,1-3H3,(H,17,18). The van der Waals surface area contributed by atoms with Gasteiger partial charge in [0.2, 0.25) is 0 Å². The summed E-state index contributed by atoms with van der Waals surface area (Å²) in [6.07, 6.45) is 0. The number of pyridine rings is 1. The summed E-state index contributed by atoms with van der Waals surface area (Å²) in [5.41, 5.74) is 3.84. The lowest BCUT2D eigenvalue weighted by Crippen LogP contribution is -2.09. The lowest BCUT2D eigenvalue weighted by Gasteiger charge is -2.18. The summed E-state index contributed by atoms with van der Waals surface area (Å²) in [5.74, 6) is 0.802. The molecule has 0 radical (unpaired) electrons. The largest absolute Gasteiger partial charge is 0.363 e. The maximum Gasteiger partial charge on any atom is 0.131 e. The highest BCUT2D eigenvalue weighted by atomic mass is 35.5. The van der Waals surface area contributed by atoms with E-state index in [9.17, 15) is 0 Å².